The zero-order chi connectivity index (χ0) is 17.9. The van der Waals surface area contributed by atoms with E-state index in [2.05, 4.69) is 18.3 Å². The number of nitrogens with one attached hydrogen (secondary N) is 1. The van der Waals surface area contributed by atoms with E-state index in [1.165, 1.54) is 43.2 Å². The third kappa shape index (κ3) is 4.44. The second kappa shape index (κ2) is 7.90. The first-order chi connectivity index (χ1) is 12.0. The molecule has 1 fully saturated rings. The van der Waals surface area contributed by atoms with Gasteiger partial charge in [0.15, 0.2) is 0 Å². The summed E-state index contributed by atoms with van der Waals surface area (Å²) < 4.78 is 0. The summed E-state index contributed by atoms with van der Waals surface area (Å²) in [6.45, 7) is 4.48. The summed E-state index contributed by atoms with van der Waals surface area (Å²) in [7, 11) is 0. The summed E-state index contributed by atoms with van der Waals surface area (Å²) >= 11 is 0. The van der Waals surface area contributed by atoms with Gasteiger partial charge < -0.3 is 10.4 Å². The quantitative estimate of drug-likeness (QED) is 0.839. The first-order valence-electron chi connectivity index (χ1n) is 10.1. The smallest absolute Gasteiger partial charge is 0.251 e. The molecule has 0 spiro atoms. The van der Waals surface area contributed by atoms with Crippen LogP contribution in [0.4, 0.5) is 0 Å². The zero-order valence-electron chi connectivity index (χ0n) is 15.8. The number of rotatable bonds is 5. The molecule has 1 atom stereocenters. The largest absolute Gasteiger partial charge is 0.388 e. The van der Waals surface area contributed by atoms with Crippen LogP contribution >= 0.6 is 0 Å². The number of aryl methyl sites for hydroxylation is 2. The maximum absolute atomic E-state index is 12.5. The van der Waals surface area contributed by atoms with E-state index >= 15 is 0 Å². The van der Waals surface area contributed by atoms with Crippen molar-refractivity contribution in [1.29, 1.82) is 0 Å². The first kappa shape index (κ1) is 18.4. The summed E-state index contributed by atoms with van der Waals surface area (Å²) in [6.07, 6.45) is 10.5. The number of fused-ring (bicyclic) bond motifs is 1. The molecule has 3 nitrogen and oxygen atoms in total. The fraction of sp³-hybridized carbons (Fsp3) is 0.682. The van der Waals surface area contributed by atoms with E-state index in [0.717, 1.165) is 37.2 Å². The van der Waals surface area contributed by atoms with Gasteiger partial charge in [0.25, 0.3) is 5.91 Å². The van der Waals surface area contributed by atoms with E-state index in [1.54, 1.807) is 0 Å². The number of amides is 1. The topological polar surface area (TPSA) is 49.3 Å². The van der Waals surface area contributed by atoms with Gasteiger partial charge in [-0.15, -0.1) is 0 Å². The van der Waals surface area contributed by atoms with Gasteiger partial charge in [0.2, 0.25) is 0 Å². The number of carbonyl (C=O) groups is 1. The fourth-order valence-corrected chi connectivity index (χ4v) is 4.57. The van der Waals surface area contributed by atoms with Crippen molar-refractivity contribution >= 4 is 5.91 Å². The van der Waals surface area contributed by atoms with Gasteiger partial charge in [0, 0.05) is 12.1 Å². The molecule has 1 saturated carbocycles. The average Bonchev–Trinajstić information content (AvgIpc) is 2.65. The van der Waals surface area contributed by atoms with E-state index in [-0.39, 0.29) is 5.91 Å². The maximum Gasteiger partial charge on any atom is 0.251 e. The molecule has 1 aromatic rings. The summed E-state index contributed by atoms with van der Waals surface area (Å²) in [5.41, 5.74) is 2.62. The Morgan fingerprint density at radius 1 is 1.16 bits per heavy atom. The van der Waals surface area contributed by atoms with Gasteiger partial charge >= 0.3 is 0 Å². The highest BCUT2D eigenvalue weighted by atomic mass is 16.3. The Morgan fingerprint density at radius 3 is 2.52 bits per heavy atom. The van der Waals surface area contributed by atoms with Crippen LogP contribution in [-0.4, -0.2) is 23.2 Å². The summed E-state index contributed by atoms with van der Waals surface area (Å²) in [6, 6.07) is 6.08. The Labute approximate surface area is 152 Å². The molecule has 25 heavy (non-hydrogen) atoms. The molecule has 138 valence electrons. The minimum absolute atomic E-state index is 0.0594. The van der Waals surface area contributed by atoms with E-state index in [9.17, 15) is 9.90 Å². The van der Waals surface area contributed by atoms with E-state index in [1.807, 2.05) is 19.1 Å². The normalized spacial score (nSPS) is 25.7. The van der Waals surface area contributed by atoms with E-state index in [0.29, 0.717) is 12.5 Å². The van der Waals surface area contributed by atoms with Crippen LogP contribution < -0.4 is 5.32 Å². The fourth-order valence-electron chi connectivity index (χ4n) is 4.57. The molecule has 2 aliphatic carbocycles. The Morgan fingerprint density at radius 2 is 1.84 bits per heavy atom. The van der Waals surface area contributed by atoms with Crippen molar-refractivity contribution in [3.8, 4) is 0 Å². The molecule has 0 aliphatic heterocycles. The van der Waals surface area contributed by atoms with Gasteiger partial charge in [-0.3, -0.25) is 4.79 Å². The number of benzene rings is 1. The highest BCUT2D eigenvalue weighted by Gasteiger charge is 2.35. The molecule has 1 unspecified atom stereocenters. The lowest BCUT2D eigenvalue weighted by Gasteiger charge is -2.38. The van der Waals surface area contributed by atoms with E-state index < -0.39 is 5.60 Å². The van der Waals surface area contributed by atoms with Crippen molar-refractivity contribution in [2.24, 2.45) is 11.8 Å². The van der Waals surface area contributed by atoms with Gasteiger partial charge in [0.05, 0.1) is 5.60 Å². The molecule has 0 radical (unpaired) electrons. The lowest BCUT2D eigenvalue weighted by atomic mass is 9.73. The van der Waals surface area contributed by atoms with Crippen LogP contribution in [0.5, 0.6) is 0 Å². The monoisotopic (exact) mass is 343 g/mol. The molecule has 1 aromatic carbocycles. The van der Waals surface area contributed by atoms with Crippen LogP contribution in [0.3, 0.4) is 0 Å². The summed E-state index contributed by atoms with van der Waals surface area (Å²) in [4.78, 5) is 12.5. The van der Waals surface area contributed by atoms with Gasteiger partial charge in [-0.2, -0.15) is 0 Å². The van der Waals surface area contributed by atoms with Gasteiger partial charge in [0.1, 0.15) is 0 Å². The van der Waals surface area contributed by atoms with Crippen LogP contribution in [0.2, 0.25) is 0 Å². The predicted octanol–water partition coefficient (Wildman–Crippen LogP) is 4.26. The molecule has 3 heteroatoms. The lowest BCUT2D eigenvalue weighted by Crippen LogP contribution is -2.47. The molecule has 3 rings (SSSR count). The Kier molecular flexibility index (Phi) is 5.83. The van der Waals surface area contributed by atoms with Crippen molar-refractivity contribution in [2.45, 2.75) is 77.2 Å². The predicted molar refractivity (Wildman–Crippen MR) is 102 cm³/mol. The Bertz CT molecular complexity index is 600. The van der Waals surface area contributed by atoms with Crippen molar-refractivity contribution in [1.82, 2.24) is 5.32 Å². The lowest BCUT2D eigenvalue weighted by molar-refractivity contribution is -0.0203. The first-order valence-corrected chi connectivity index (χ1v) is 10.1. The molecule has 2 N–H and O–H groups in total. The molecular formula is C22H33NO2. The average molecular weight is 344 g/mol. The number of hydrogen-bond acceptors (Lipinski definition) is 2. The Balaban J connectivity index is 1.56. The molecule has 0 aromatic heterocycles. The van der Waals surface area contributed by atoms with Crippen molar-refractivity contribution in [3.05, 3.63) is 34.9 Å². The highest BCUT2D eigenvalue weighted by Crippen LogP contribution is 2.36. The minimum atomic E-state index is -0.817. The molecule has 0 bridgehead atoms. The Hall–Kier alpha value is -1.35. The summed E-state index contributed by atoms with van der Waals surface area (Å²) in [5.74, 6) is 1.05. The van der Waals surface area contributed by atoms with E-state index in [4.69, 9.17) is 0 Å². The second-order valence-electron chi connectivity index (χ2n) is 8.36. The van der Waals surface area contributed by atoms with Gasteiger partial charge in [-0.25, -0.2) is 0 Å². The molecule has 0 heterocycles. The molecular weight excluding hydrogens is 310 g/mol. The molecule has 1 amide bonds. The number of carbonyl (C=O) groups excluding carboxylic acids is 1. The van der Waals surface area contributed by atoms with Crippen molar-refractivity contribution < 1.29 is 9.90 Å². The summed E-state index contributed by atoms with van der Waals surface area (Å²) in [5, 5.41) is 13.9. The number of hydrogen-bond donors (Lipinski definition) is 2. The third-order valence-corrected chi connectivity index (χ3v) is 6.52. The van der Waals surface area contributed by atoms with Crippen molar-refractivity contribution in [3.63, 3.8) is 0 Å². The number of aliphatic hydroxyl groups is 1. The van der Waals surface area contributed by atoms with Gasteiger partial charge in [-0.1, -0.05) is 32.3 Å². The van der Waals surface area contributed by atoms with Crippen LogP contribution in [0.1, 0.15) is 80.3 Å². The highest BCUT2D eigenvalue weighted by molar-refractivity contribution is 5.94. The minimum Gasteiger partial charge on any atom is -0.388 e. The standard InChI is InChI=1S/C22H33NO2/c1-3-16-8-12-20(13-9-16)22(2,25)15-23-21(24)19-11-10-17-6-4-5-7-18(17)14-19/h10-11,14,16,20,25H,3-9,12-13,15H2,1-2H3,(H,23,24). The van der Waals surface area contributed by atoms with Crippen LogP contribution in [0, 0.1) is 11.8 Å². The van der Waals surface area contributed by atoms with Gasteiger partial charge in [-0.05, 0) is 80.5 Å². The van der Waals surface area contributed by atoms with Crippen LogP contribution in [-0.2, 0) is 12.8 Å². The molecule has 0 saturated heterocycles. The second-order valence-corrected chi connectivity index (χ2v) is 8.36. The zero-order valence-corrected chi connectivity index (χ0v) is 15.8. The van der Waals surface area contributed by atoms with Crippen LogP contribution in [0.25, 0.3) is 0 Å². The third-order valence-electron chi connectivity index (χ3n) is 6.52. The van der Waals surface area contributed by atoms with Crippen molar-refractivity contribution in [2.75, 3.05) is 6.54 Å². The molecule has 2 aliphatic rings. The maximum atomic E-state index is 12.5. The SMILES string of the molecule is CCC1CCC(C(C)(O)CNC(=O)c2ccc3c(c2)CCCC3)CC1. The van der Waals surface area contributed by atoms with Crippen LogP contribution in [0.15, 0.2) is 18.2 Å².